The molecule has 1 heterocycles. The van der Waals surface area contributed by atoms with Crippen LogP contribution in [0, 0.1) is 11.8 Å². The number of aliphatic hydroxyl groups is 1. The molecule has 1 saturated heterocycles. The summed E-state index contributed by atoms with van der Waals surface area (Å²) >= 11 is 0. The topological polar surface area (TPSA) is 49.8 Å². The Morgan fingerprint density at radius 3 is 2.53 bits per heavy atom. The summed E-state index contributed by atoms with van der Waals surface area (Å²) in [5.74, 6) is 0.768. The number of ether oxygens (including phenoxy) is 1. The Kier molecular flexibility index (Phi) is 4.21. The highest BCUT2D eigenvalue weighted by atomic mass is 16.6. The third-order valence-corrected chi connectivity index (χ3v) is 4.11. The molecule has 2 rings (SSSR count). The van der Waals surface area contributed by atoms with Crippen LogP contribution in [0.1, 0.15) is 52.4 Å². The minimum atomic E-state index is -0.586. The smallest absolute Gasteiger partial charge is 0.138 e. The second-order valence-corrected chi connectivity index (χ2v) is 5.86. The van der Waals surface area contributed by atoms with Crippen LogP contribution in [0.3, 0.4) is 0 Å². The monoisotopic (exact) mass is 240 g/mol. The Morgan fingerprint density at radius 1 is 1.29 bits per heavy atom. The van der Waals surface area contributed by atoms with Crippen LogP contribution >= 0.6 is 0 Å². The Labute approximate surface area is 104 Å². The number of Topliss-reactive ketones (excluding diaryl/α,β-unsaturated/α-hetero) is 1. The third-order valence-electron chi connectivity index (χ3n) is 4.11. The number of hydrogen-bond donors (Lipinski definition) is 1. The van der Waals surface area contributed by atoms with Gasteiger partial charge in [0.15, 0.2) is 0 Å². The zero-order chi connectivity index (χ0) is 12.4. The summed E-state index contributed by atoms with van der Waals surface area (Å²) in [6, 6.07) is 0. The van der Waals surface area contributed by atoms with Crippen molar-refractivity contribution in [3.05, 3.63) is 0 Å². The Balaban J connectivity index is 1.75. The Morgan fingerprint density at radius 2 is 1.94 bits per heavy atom. The quantitative estimate of drug-likeness (QED) is 0.750. The van der Waals surface area contributed by atoms with E-state index in [0.717, 1.165) is 0 Å². The van der Waals surface area contributed by atoms with Crippen LogP contribution < -0.4 is 0 Å². The summed E-state index contributed by atoms with van der Waals surface area (Å²) in [4.78, 5) is 11.6. The van der Waals surface area contributed by atoms with E-state index in [1.807, 2.05) is 13.8 Å². The molecule has 1 N–H and O–H groups in total. The van der Waals surface area contributed by atoms with Gasteiger partial charge >= 0.3 is 0 Å². The first-order valence-electron chi connectivity index (χ1n) is 6.96. The summed E-state index contributed by atoms with van der Waals surface area (Å²) in [6.07, 6.45) is 6.20. The zero-order valence-electron chi connectivity index (χ0n) is 10.9. The summed E-state index contributed by atoms with van der Waals surface area (Å²) in [5, 5.41) is 9.96. The predicted molar refractivity (Wildman–Crippen MR) is 65.7 cm³/mol. The van der Waals surface area contributed by atoms with Gasteiger partial charge in [-0.05, 0) is 18.8 Å². The van der Waals surface area contributed by atoms with Gasteiger partial charge in [-0.15, -0.1) is 0 Å². The van der Waals surface area contributed by atoms with Gasteiger partial charge in [-0.2, -0.15) is 0 Å². The van der Waals surface area contributed by atoms with Crippen molar-refractivity contribution in [2.75, 3.05) is 0 Å². The minimum Gasteiger partial charge on any atom is -0.390 e. The van der Waals surface area contributed by atoms with Crippen LogP contribution in [-0.2, 0) is 9.53 Å². The van der Waals surface area contributed by atoms with Crippen molar-refractivity contribution in [1.82, 2.24) is 0 Å². The molecular formula is C14H24O3. The van der Waals surface area contributed by atoms with E-state index in [1.54, 1.807) is 0 Å². The van der Waals surface area contributed by atoms with Crippen LogP contribution in [-0.4, -0.2) is 29.2 Å². The molecular weight excluding hydrogens is 216 g/mol. The maximum absolute atomic E-state index is 11.6. The van der Waals surface area contributed by atoms with Gasteiger partial charge in [0.2, 0.25) is 0 Å². The first kappa shape index (κ1) is 13.0. The number of carbonyl (C=O) groups excluding carboxylic acids is 1. The lowest BCUT2D eigenvalue weighted by Gasteiger charge is -2.20. The molecule has 3 atom stereocenters. The zero-order valence-corrected chi connectivity index (χ0v) is 10.9. The molecule has 2 aliphatic rings. The summed E-state index contributed by atoms with van der Waals surface area (Å²) in [6.45, 7) is 3.75. The van der Waals surface area contributed by atoms with Gasteiger partial charge in [0.25, 0.3) is 0 Å². The second-order valence-electron chi connectivity index (χ2n) is 5.86. The highest BCUT2D eigenvalue weighted by Gasteiger charge is 2.49. The molecule has 1 saturated carbocycles. The molecule has 0 aromatic rings. The summed E-state index contributed by atoms with van der Waals surface area (Å²) in [7, 11) is 0. The number of ketones is 1. The number of epoxide rings is 1. The van der Waals surface area contributed by atoms with E-state index in [4.69, 9.17) is 4.74 Å². The van der Waals surface area contributed by atoms with Crippen LogP contribution in [0.25, 0.3) is 0 Å². The van der Waals surface area contributed by atoms with Gasteiger partial charge in [0.1, 0.15) is 11.9 Å². The molecule has 0 amide bonds. The molecule has 0 unspecified atom stereocenters. The van der Waals surface area contributed by atoms with Crippen molar-refractivity contribution < 1.29 is 14.6 Å². The van der Waals surface area contributed by atoms with Crippen molar-refractivity contribution in [3.63, 3.8) is 0 Å². The largest absolute Gasteiger partial charge is 0.390 e. The van der Waals surface area contributed by atoms with Crippen LogP contribution in [0.2, 0.25) is 0 Å². The van der Waals surface area contributed by atoms with Crippen LogP contribution in [0.4, 0.5) is 0 Å². The van der Waals surface area contributed by atoms with E-state index in [-0.39, 0.29) is 30.3 Å². The Bertz CT molecular complexity index is 269. The van der Waals surface area contributed by atoms with Gasteiger partial charge in [0, 0.05) is 12.3 Å². The molecule has 0 bridgehead atoms. The lowest BCUT2D eigenvalue weighted by atomic mass is 9.85. The van der Waals surface area contributed by atoms with Crippen molar-refractivity contribution in [1.29, 1.82) is 0 Å². The molecule has 2 fully saturated rings. The highest BCUT2D eigenvalue weighted by molar-refractivity contribution is 5.80. The summed E-state index contributed by atoms with van der Waals surface area (Å²) < 4.78 is 5.60. The number of hydrogen-bond acceptors (Lipinski definition) is 3. The molecule has 98 valence electrons. The molecule has 3 heteroatoms. The van der Waals surface area contributed by atoms with E-state index in [1.165, 1.54) is 32.1 Å². The molecule has 17 heavy (non-hydrogen) atoms. The summed E-state index contributed by atoms with van der Waals surface area (Å²) in [5.41, 5.74) is 0. The molecule has 3 nitrogen and oxygen atoms in total. The van der Waals surface area contributed by atoms with E-state index < -0.39 is 6.10 Å². The number of rotatable bonds is 5. The minimum absolute atomic E-state index is 0.0107. The standard InChI is InChI=1S/C14H24O3/c1-9(2)11(15)8-12(16)14-13(17-14)10-6-4-3-5-7-10/h9-10,12-14,16H,3-8H2,1-2H3/t12-,13-,14-/m1/s1. The average Bonchev–Trinajstić information content (AvgIpc) is 3.10. The lowest BCUT2D eigenvalue weighted by molar-refractivity contribution is -0.124. The fourth-order valence-electron chi connectivity index (χ4n) is 2.85. The lowest BCUT2D eigenvalue weighted by Crippen LogP contribution is -2.26. The van der Waals surface area contributed by atoms with Gasteiger partial charge in [-0.3, -0.25) is 4.79 Å². The molecule has 0 aromatic carbocycles. The normalized spacial score (nSPS) is 31.5. The Hall–Kier alpha value is -0.410. The van der Waals surface area contributed by atoms with E-state index in [2.05, 4.69) is 0 Å². The number of carbonyl (C=O) groups is 1. The fourth-order valence-corrected chi connectivity index (χ4v) is 2.85. The molecule has 1 aliphatic heterocycles. The van der Waals surface area contributed by atoms with Crippen molar-refractivity contribution in [2.24, 2.45) is 11.8 Å². The van der Waals surface area contributed by atoms with E-state index in [0.29, 0.717) is 5.92 Å². The third kappa shape index (κ3) is 3.29. The molecule has 0 spiro atoms. The molecule has 0 aromatic heterocycles. The van der Waals surface area contributed by atoms with Gasteiger partial charge in [-0.25, -0.2) is 0 Å². The average molecular weight is 240 g/mol. The predicted octanol–water partition coefficient (Wildman–Crippen LogP) is 2.31. The number of aliphatic hydroxyl groups excluding tert-OH is 1. The first-order valence-corrected chi connectivity index (χ1v) is 6.96. The van der Waals surface area contributed by atoms with Gasteiger partial charge < -0.3 is 9.84 Å². The van der Waals surface area contributed by atoms with Gasteiger partial charge in [0.05, 0.1) is 12.2 Å². The maximum Gasteiger partial charge on any atom is 0.138 e. The highest BCUT2D eigenvalue weighted by Crippen LogP contribution is 2.40. The van der Waals surface area contributed by atoms with Gasteiger partial charge in [-0.1, -0.05) is 33.1 Å². The molecule has 0 radical (unpaired) electrons. The first-order chi connectivity index (χ1) is 8.09. The fraction of sp³-hybridized carbons (Fsp3) is 0.929. The molecule has 1 aliphatic carbocycles. The van der Waals surface area contributed by atoms with Crippen LogP contribution in [0.5, 0.6) is 0 Å². The van der Waals surface area contributed by atoms with Crippen molar-refractivity contribution >= 4 is 5.78 Å². The second kappa shape index (κ2) is 5.49. The van der Waals surface area contributed by atoms with E-state index in [9.17, 15) is 9.90 Å². The SMILES string of the molecule is CC(C)C(=O)C[C@@H](O)[C@H]1O[C@@H]1C1CCCCC1. The van der Waals surface area contributed by atoms with Crippen LogP contribution in [0.15, 0.2) is 0 Å². The van der Waals surface area contributed by atoms with Crippen molar-refractivity contribution in [3.8, 4) is 0 Å². The van der Waals surface area contributed by atoms with Crippen molar-refractivity contribution in [2.45, 2.75) is 70.7 Å². The van der Waals surface area contributed by atoms with E-state index >= 15 is 0 Å². The maximum atomic E-state index is 11.6.